The zero-order valence-corrected chi connectivity index (χ0v) is 16.7. The lowest BCUT2D eigenvalue weighted by Crippen LogP contribution is -1.88. The minimum atomic E-state index is 0.870. The maximum absolute atomic E-state index is 4.71. The van der Waals surface area contributed by atoms with Crippen molar-refractivity contribution in [2.45, 2.75) is 4.90 Å². The predicted molar refractivity (Wildman–Crippen MR) is 108 cm³/mol. The first-order valence-corrected chi connectivity index (χ1v) is 11.2. The highest BCUT2D eigenvalue weighted by Gasteiger charge is 2.11. The lowest BCUT2D eigenvalue weighted by molar-refractivity contribution is 1.35. The van der Waals surface area contributed by atoms with Crippen molar-refractivity contribution in [3.8, 4) is 10.6 Å². The third-order valence-electron chi connectivity index (χ3n) is 3.15. The van der Waals surface area contributed by atoms with Crippen LogP contribution in [0.2, 0.25) is 0 Å². The highest BCUT2D eigenvalue weighted by molar-refractivity contribution is 9.11. The number of nitrogens with zero attached hydrogens (tertiary/aromatic N) is 2. The smallest absolute Gasteiger partial charge is 0.190 e. The monoisotopic (exact) mass is 439 g/mol. The molecule has 0 saturated carbocycles. The van der Waals surface area contributed by atoms with Gasteiger partial charge in [0.1, 0.15) is 0 Å². The van der Waals surface area contributed by atoms with E-state index in [0.29, 0.717) is 0 Å². The summed E-state index contributed by atoms with van der Waals surface area (Å²) in [5, 5.41) is 7.16. The van der Waals surface area contributed by atoms with Gasteiger partial charge in [0, 0.05) is 10.3 Å². The molecule has 3 heterocycles. The van der Waals surface area contributed by atoms with Crippen molar-refractivity contribution in [2.75, 3.05) is 11.6 Å². The number of benzene rings is 1. The summed E-state index contributed by atoms with van der Waals surface area (Å²) in [6.07, 6.45) is 2.08. The lowest BCUT2D eigenvalue weighted by Gasteiger charge is -1.96. The molecule has 4 rings (SSSR count). The number of thiazole rings is 2. The van der Waals surface area contributed by atoms with Crippen LogP contribution in [0.1, 0.15) is 0 Å². The average Bonchev–Trinajstić information content (AvgIpc) is 3.25. The Bertz CT molecular complexity index is 972. The molecule has 116 valence electrons. The number of hydrogen-bond donors (Lipinski definition) is 1. The topological polar surface area (TPSA) is 37.8 Å². The predicted octanol–water partition coefficient (Wildman–Crippen LogP) is 6.71. The number of para-hydroxylation sites is 1. The molecule has 0 atom stereocenters. The molecule has 0 unspecified atom stereocenters. The van der Waals surface area contributed by atoms with Crippen LogP contribution in [0, 0.1) is 0 Å². The van der Waals surface area contributed by atoms with Gasteiger partial charge in [0.25, 0.3) is 0 Å². The van der Waals surface area contributed by atoms with Gasteiger partial charge in [-0.3, -0.25) is 0 Å². The lowest BCUT2D eigenvalue weighted by atomic mass is 10.3. The van der Waals surface area contributed by atoms with E-state index in [2.05, 4.69) is 62.1 Å². The van der Waals surface area contributed by atoms with E-state index < -0.39 is 0 Å². The summed E-state index contributed by atoms with van der Waals surface area (Å²) in [7, 11) is 0. The molecule has 3 aromatic heterocycles. The molecular formula is C15H10BrN3S4. The summed E-state index contributed by atoms with van der Waals surface area (Å²) in [5.74, 6) is 0. The van der Waals surface area contributed by atoms with Gasteiger partial charge in [-0.2, -0.15) is 0 Å². The van der Waals surface area contributed by atoms with Crippen molar-refractivity contribution < 1.29 is 0 Å². The molecule has 1 aromatic carbocycles. The van der Waals surface area contributed by atoms with Crippen LogP contribution in [0.15, 0.2) is 44.4 Å². The zero-order valence-electron chi connectivity index (χ0n) is 11.9. The number of aromatic nitrogens is 2. The SMILES string of the molecule is CSc1cccc2sc(Nc3nc(-c4ccc(Br)s4)cs3)nc12. The van der Waals surface area contributed by atoms with E-state index in [1.54, 1.807) is 45.8 Å². The zero-order chi connectivity index (χ0) is 15.8. The molecule has 3 nitrogen and oxygen atoms in total. The summed E-state index contributed by atoms with van der Waals surface area (Å²) < 4.78 is 2.31. The van der Waals surface area contributed by atoms with Gasteiger partial charge in [-0.15, -0.1) is 34.4 Å². The molecule has 0 spiro atoms. The van der Waals surface area contributed by atoms with Crippen LogP contribution in [0.4, 0.5) is 10.3 Å². The molecule has 0 aliphatic rings. The van der Waals surface area contributed by atoms with Crippen molar-refractivity contribution in [1.82, 2.24) is 9.97 Å². The van der Waals surface area contributed by atoms with Crippen LogP contribution in [-0.2, 0) is 0 Å². The Morgan fingerprint density at radius 1 is 1.09 bits per heavy atom. The minimum Gasteiger partial charge on any atom is -0.307 e. The molecule has 23 heavy (non-hydrogen) atoms. The van der Waals surface area contributed by atoms with Crippen molar-refractivity contribution in [2.24, 2.45) is 0 Å². The third-order valence-corrected chi connectivity index (χ3v) is 7.25. The van der Waals surface area contributed by atoms with E-state index in [9.17, 15) is 0 Å². The van der Waals surface area contributed by atoms with Crippen molar-refractivity contribution in [1.29, 1.82) is 0 Å². The fraction of sp³-hybridized carbons (Fsp3) is 0.0667. The van der Waals surface area contributed by atoms with Crippen LogP contribution in [0.5, 0.6) is 0 Å². The molecule has 0 amide bonds. The van der Waals surface area contributed by atoms with Gasteiger partial charge >= 0.3 is 0 Å². The number of thiophene rings is 1. The van der Waals surface area contributed by atoms with Crippen LogP contribution in [-0.4, -0.2) is 16.2 Å². The van der Waals surface area contributed by atoms with Crippen molar-refractivity contribution in [3.63, 3.8) is 0 Å². The Kier molecular flexibility index (Phi) is 4.42. The number of fused-ring (bicyclic) bond motifs is 1. The molecule has 0 saturated heterocycles. The Hall–Kier alpha value is -0.930. The molecule has 0 bridgehead atoms. The van der Waals surface area contributed by atoms with Crippen LogP contribution in [0.25, 0.3) is 20.8 Å². The molecule has 0 fully saturated rings. The molecule has 0 aliphatic heterocycles. The van der Waals surface area contributed by atoms with Gasteiger partial charge in [-0.1, -0.05) is 17.4 Å². The van der Waals surface area contributed by atoms with Crippen LogP contribution < -0.4 is 5.32 Å². The van der Waals surface area contributed by atoms with Crippen molar-refractivity contribution in [3.05, 3.63) is 39.5 Å². The molecule has 4 aromatic rings. The van der Waals surface area contributed by atoms with Gasteiger partial charge < -0.3 is 5.32 Å². The highest BCUT2D eigenvalue weighted by Crippen LogP contribution is 2.36. The van der Waals surface area contributed by atoms with E-state index in [0.717, 1.165) is 30.1 Å². The number of halogens is 1. The Labute approximate surface area is 157 Å². The number of rotatable bonds is 4. The summed E-state index contributed by atoms with van der Waals surface area (Å²) in [6, 6.07) is 10.4. The number of nitrogens with one attached hydrogen (secondary N) is 1. The second-order valence-corrected chi connectivity index (χ2v) is 9.79. The van der Waals surface area contributed by atoms with Gasteiger partial charge in [0.05, 0.1) is 24.6 Å². The van der Waals surface area contributed by atoms with Gasteiger partial charge in [0.15, 0.2) is 10.3 Å². The first-order valence-electron chi connectivity index (χ1n) is 6.65. The molecule has 8 heteroatoms. The normalized spacial score (nSPS) is 11.2. The van der Waals surface area contributed by atoms with Crippen LogP contribution in [0.3, 0.4) is 0 Å². The average molecular weight is 440 g/mol. The van der Waals surface area contributed by atoms with E-state index in [4.69, 9.17) is 4.98 Å². The van der Waals surface area contributed by atoms with E-state index in [1.807, 2.05) is 6.07 Å². The molecule has 0 radical (unpaired) electrons. The first kappa shape index (κ1) is 15.6. The third kappa shape index (κ3) is 3.18. The maximum Gasteiger partial charge on any atom is 0.190 e. The van der Waals surface area contributed by atoms with Crippen molar-refractivity contribution >= 4 is 82.2 Å². The van der Waals surface area contributed by atoms with Gasteiger partial charge in [0.2, 0.25) is 0 Å². The van der Waals surface area contributed by atoms with E-state index >= 15 is 0 Å². The highest BCUT2D eigenvalue weighted by atomic mass is 79.9. The number of anilines is 2. The fourth-order valence-corrected chi connectivity index (χ4v) is 5.84. The number of thioether (sulfide) groups is 1. The summed E-state index contributed by atoms with van der Waals surface area (Å²) in [5.41, 5.74) is 2.06. The molecular weight excluding hydrogens is 430 g/mol. The van der Waals surface area contributed by atoms with Gasteiger partial charge in [-0.05, 0) is 46.5 Å². The Balaban J connectivity index is 1.62. The largest absolute Gasteiger partial charge is 0.307 e. The van der Waals surface area contributed by atoms with E-state index in [-0.39, 0.29) is 0 Å². The molecule has 0 aliphatic carbocycles. The Morgan fingerprint density at radius 2 is 2.00 bits per heavy atom. The first-order chi connectivity index (χ1) is 11.2. The summed E-state index contributed by atoms with van der Waals surface area (Å²) >= 11 is 10.2. The van der Waals surface area contributed by atoms with E-state index in [1.165, 1.54) is 9.60 Å². The van der Waals surface area contributed by atoms with Gasteiger partial charge in [-0.25, -0.2) is 9.97 Å². The summed E-state index contributed by atoms with van der Waals surface area (Å²) in [4.78, 5) is 11.7. The minimum absolute atomic E-state index is 0.870. The maximum atomic E-state index is 4.71. The second-order valence-electron chi connectivity index (χ2n) is 4.59. The quantitative estimate of drug-likeness (QED) is 0.358. The standard InChI is InChI=1S/C15H10BrN3S4/c1-20-10-3-2-4-11-13(10)18-15(23-11)19-14-17-8(7-21-14)9-5-6-12(16)22-9/h2-7H,1H3,(H,17,18,19). The number of hydrogen-bond acceptors (Lipinski definition) is 7. The molecule has 1 N–H and O–H groups in total. The fourth-order valence-electron chi connectivity index (χ4n) is 2.13. The summed E-state index contributed by atoms with van der Waals surface area (Å²) in [6.45, 7) is 0. The Morgan fingerprint density at radius 3 is 2.78 bits per heavy atom. The second kappa shape index (κ2) is 6.52. The van der Waals surface area contributed by atoms with Crippen LogP contribution >= 0.6 is 61.7 Å².